The second-order valence-corrected chi connectivity index (χ2v) is 5.04. The number of unbranched alkanes of at least 4 members (excludes halogenated alkanes) is 2. The molecule has 0 saturated heterocycles. The van der Waals surface area contributed by atoms with E-state index in [9.17, 15) is 0 Å². The summed E-state index contributed by atoms with van der Waals surface area (Å²) in [7, 11) is 1.69. The Morgan fingerprint density at radius 2 is 1.80 bits per heavy atom. The molecular weight excluding hydrogens is 250 g/mol. The van der Waals surface area contributed by atoms with Crippen molar-refractivity contribution in [3.63, 3.8) is 0 Å². The average Bonchev–Trinajstić information content (AvgIpc) is 2.50. The fourth-order valence-electron chi connectivity index (χ4n) is 2.08. The number of ether oxygens (including phenoxy) is 2. The van der Waals surface area contributed by atoms with Gasteiger partial charge in [0, 0.05) is 13.2 Å². The highest BCUT2D eigenvalue weighted by Gasteiger charge is 2.11. The lowest BCUT2D eigenvalue weighted by molar-refractivity contribution is 0.0501. The number of hydrogen-bond donors (Lipinski definition) is 1. The van der Waals surface area contributed by atoms with Crippen LogP contribution in [0.25, 0.3) is 0 Å². The fraction of sp³-hybridized carbons (Fsp3) is 0.647. The minimum Gasteiger partial charge on any atom is -0.497 e. The van der Waals surface area contributed by atoms with Crippen LogP contribution in [0.5, 0.6) is 5.75 Å². The van der Waals surface area contributed by atoms with Gasteiger partial charge in [-0.1, -0.05) is 38.8 Å². The molecule has 0 amide bonds. The topological polar surface area (TPSA) is 30.5 Å². The molecule has 1 rings (SSSR count). The number of rotatable bonds is 11. The van der Waals surface area contributed by atoms with Gasteiger partial charge in [-0.15, -0.1) is 0 Å². The van der Waals surface area contributed by atoms with Gasteiger partial charge in [-0.05, 0) is 37.1 Å². The molecule has 114 valence electrons. The first kappa shape index (κ1) is 17.0. The summed E-state index contributed by atoms with van der Waals surface area (Å²) in [6.07, 6.45) is 4.87. The van der Waals surface area contributed by atoms with E-state index < -0.39 is 0 Å². The summed E-state index contributed by atoms with van der Waals surface area (Å²) in [5.41, 5.74) is 1.21. The summed E-state index contributed by atoms with van der Waals surface area (Å²) in [4.78, 5) is 0. The first-order valence-electron chi connectivity index (χ1n) is 7.78. The van der Waals surface area contributed by atoms with Gasteiger partial charge in [-0.2, -0.15) is 0 Å². The van der Waals surface area contributed by atoms with Crippen LogP contribution in [0.1, 0.15) is 51.2 Å². The summed E-state index contributed by atoms with van der Waals surface area (Å²) in [5, 5.41) is 3.45. The molecule has 0 heterocycles. The van der Waals surface area contributed by atoms with E-state index in [0.29, 0.717) is 0 Å². The molecule has 20 heavy (non-hydrogen) atoms. The zero-order valence-corrected chi connectivity index (χ0v) is 13.2. The van der Waals surface area contributed by atoms with Crippen LogP contribution in [0.3, 0.4) is 0 Å². The third-order valence-electron chi connectivity index (χ3n) is 3.31. The molecule has 0 radical (unpaired) electrons. The van der Waals surface area contributed by atoms with Gasteiger partial charge in [-0.3, -0.25) is 0 Å². The lowest BCUT2D eigenvalue weighted by atomic mass is 10.1. The molecule has 0 aliphatic carbocycles. The Morgan fingerprint density at radius 3 is 2.40 bits per heavy atom. The van der Waals surface area contributed by atoms with Crippen molar-refractivity contribution in [1.29, 1.82) is 0 Å². The van der Waals surface area contributed by atoms with Gasteiger partial charge in [0.25, 0.3) is 0 Å². The zero-order chi connectivity index (χ0) is 14.6. The molecule has 1 unspecified atom stereocenters. The van der Waals surface area contributed by atoms with E-state index in [1.54, 1.807) is 7.11 Å². The van der Waals surface area contributed by atoms with Crippen molar-refractivity contribution >= 4 is 0 Å². The average molecular weight is 279 g/mol. The molecule has 3 nitrogen and oxygen atoms in total. The van der Waals surface area contributed by atoms with Crippen molar-refractivity contribution in [2.75, 3.05) is 26.8 Å². The van der Waals surface area contributed by atoms with Crippen molar-refractivity contribution in [1.82, 2.24) is 5.32 Å². The van der Waals surface area contributed by atoms with Gasteiger partial charge in [0.1, 0.15) is 5.75 Å². The Hall–Kier alpha value is -1.06. The van der Waals surface area contributed by atoms with E-state index in [1.807, 2.05) is 12.1 Å². The summed E-state index contributed by atoms with van der Waals surface area (Å²) >= 11 is 0. The molecule has 1 aromatic carbocycles. The Bertz CT molecular complexity index is 337. The van der Waals surface area contributed by atoms with Crippen LogP contribution in [0.15, 0.2) is 24.3 Å². The van der Waals surface area contributed by atoms with E-state index in [0.717, 1.165) is 38.3 Å². The standard InChI is InChI=1S/C17H29NO2/c1-4-6-7-13-20-17(14-18-12-5-2)15-8-10-16(19-3)11-9-15/h8-11,17-18H,4-7,12-14H2,1-3H3. The Kier molecular flexibility index (Phi) is 9.09. The zero-order valence-electron chi connectivity index (χ0n) is 13.2. The SMILES string of the molecule is CCCCCOC(CNCCC)c1ccc(OC)cc1. The highest BCUT2D eigenvalue weighted by Crippen LogP contribution is 2.20. The summed E-state index contributed by atoms with van der Waals surface area (Å²) < 4.78 is 11.3. The maximum Gasteiger partial charge on any atom is 0.118 e. The molecule has 0 bridgehead atoms. The Labute approximate surface area is 123 Å². The van der Waals surface area contributed by atoms with Gasteiger partial charge in [0.15, 0.2) is 0 Å². The second-order valence-electron chi connectivity index (χ2n) is 5.04. The summed E-state index contributed by atoms with van der Waals surface area (Å²) in [6, 6.07) is 8.18. The van der Waals surface area contributed by atoms with Crippen molar-refractivity contribution < 1.29 is 9.47 Å². The molecule has 1 atom stereocenters. The van der Waals surface area contributed by atoms with E-state index in [2.05, 4.69) is 31.3 Å². The predicted octanol–water partition coefficient (Wildman–Crippen LogP) is 3.94. The molecule has 0 spiro atoms. The molecule has 0 aliphatic rings. The van der Waals surface area contributed by atoms with E-state index in [1.165, 1.54) is 18.4 Å². The van der Waals surface area contributed by atoms with Crippen LogP contribution in [-0.2, 0) is 4.74 Å². The minimum absolute atomic E-state index is 0.129. The van der Waals surface area contributed by atoms with E-state index in [4.69, 9.17) is 9.47 Å². The van der Waals surface area contributed by atoms with Gasteiger partial charge in [-0.25, -0.2) is 0 Å². The first-order valence-corrected chi connectivity index (χ1v) is 7.78. The molecule has 0 fully saturated rings. The smallest absolute Gasteiger partial charge is 0.118 e. The lowest BCUT2D eigenvalue weighted by Crippen LogP contribution is -2.24. The van der Waals surface area contributed by atoms with Crippen molar-refractivity contribution in [2.45, 2.75) is 45.6 Å². The molecule has 1 aromatic rings. The summed E-state index contributed by atoms with van der Waals surface area (Å²) in [6.45, 7) is 7.12. The predicted molar refractivity (Wildman–Crippen MR) is 84.4 cm³/mol. The number of methoxy groups -OCH3 is 1. The fourth-order valence-corrected chi connectivity index (χ4v) is 2.08. The number of hydrogen-bond acceptors (Lipinski definition) is 3. The third-order valence-corrected chi connectivity index (χ3v) is 3.31. The molecule has 3 heteroatoms. The van der Waals surface area contributed by atoms with Crippen LogP contribution in [0.4, 0.5) is 0 Å². The van der Waals surface area contributed by atoms with Gasteiger partial charge >= 0.3 is 0 Å². The monoisotopic (exact) mass is 279 g/mol. The quantitative estimate of drug-likeness (QED) is 0.622. The molecule has 0 saturated carbocycles. The molecule has 1 N–H and O–H groups in total. The van der Waals surface area contributed by atoms with Gasteiger partial charge in [0.05, 0.1) is 13.2 Å². The van der Waals surface area contributed by atoms with Crippen molar-refractivity contribution in [3.8, 4) is 5.75 Å². The minimum atomic E-state index is 0.129. The highest BCUT2D eigenvalue weighted by molar-refractivity contribution is 5.28. The number of benzene rings is 1. The van der Waals surface area contributed by atoms with Gasteiger partial charge in [0.2, 0.25) is 0 Å². The Morgan fingerprint density at radius 1 is 1.05 bits per heavy atom. The molecule has 0 aliphatic heterocycles. The van der Waals surface area contributed by atoms with Crippen molar-refractivity contribution in [3.05, 3.63) is 29.8 Å². The molecule has 0 aromatic heterocycles. The first-order chi connectivity index (χ1) is 9.81. The van der Waals surface area contributed by atoms with E-state index >= 15 is 0 Å². The van der Waals surface area contributed by atoms with Crippen LogP contribution < -0.4 is 10.1 Å². The maximum atomic E-state index is 6.05. The summed E-state index contributed by atoms with van der Waals surface area (Å²) in [5.74, 6) is 0.889. The second kappa shape index (κ2) is 10.7. The highest BCUT2D eigenvalue weighted by atomic mass is 16.5. The third kappa shape index (κ3) is 6.40. The number of nitrogens with one attached hydrogen (secondary N) is 1. The van der Waals surface area contributed by atoms with Crippen LogP contribution in [-0.4, -0.2) is 26.8 Å². The lowest BCUT2D eigenvalue weighted by Gasteiger charge is -2.19. The van der Waals surface area contributed by atoms with Crippen LogP contribution in [0.2, 0.25) is 0 Å². The largest absolute Gasteiger partial charge is 0.497 e. The van der Waals surface area contributed by atoms with Crippen LogP contribution >= 0.6 is 0 Å². The van der Waals surface area contributed by atoms with Crippen molar-refractivity contribution in [2.24, 2.45) is 0 Å². The maximum absolute atomic E-state index is 6.05. The van der Waals surface area contributed by atoms with E-state index in [-0.39, 0.29) is 6.10 Å². The van der Waals surface area contributed by atoms with Crippen LogP contribution in [0, 0.1) is 0 Å². The normalized spacial score (nSPS) is 12.3. The Balaban J connectivity index is 2.54. The van der Waals surface area contributed by atoms with Gasteiger partial charge < -0.3 is 14.8 Å². The molecular formula is C17H29NO2.